The fourth-order valence-electron chi connectivity index (χ4n) is 0.876. The van der Waals surface area contributed by atoms with Crippen LogP contribution in [-0.4, -0.2) is 23.7 Å². The molecule has 1 atom stereocenters. The standard InChI is InChI=1S/C10H13NO3/c1-8(12)7-14-11-10(13)9-5-3-2-4-6-9/h2-6,8,12H,7H2,1H3,(H,11,13). The van der Waals surface area contributed by atoms with Gasteiger partial charge in [0, 0.05) is 5.56 Å². The van der Waals surface area contributed by atoms with E-state index in [0.29, 0.717) is 5.56 Å². The van der Waals surface area contributed by atoms with Crippen LogP contribution in [0.4, 0.5) is 0 Å². The zero-order chi connectivity index (χ0) is 10.4. The Bertz CT molecular complexity index is 285. The Morgan fingerprint density at radius 1 is 1.50 bits per heavy atom. The summed E-state index contributed by atoms with van der Waals surface area (Å²) in [6.07, 6.45) is -0.592. The fraction of sp³-hybridized carbons (Fsp3) is 0.300. The number of rotatable bonds is 4. The second-order valence-corrected chi connectivity index (χ2v) is 2.96. The van der Waals surface area contributed by atoms with E-state index in [1.807, 2.05) is 6.07 Å². The third-order valence-corrected chi connectivity index (χ3v) is 1.53. The van der Waals surface area contributed by atoms with Crippen molar-refractivity contribution in [3.8, 4) is 0 Å². The van der Waals surface area contributed by atoms with Gasteiger partial charge in [-0.25, -0.2) is 5.48 Å². The molecule has 4 heteroatoms. The van der Waals surface area contributed by atoms with E-state index in [1.54, 1.807) is 31.2 Å². The summed E-state index contributed by atoms with van der Waals surface area (Å²) in [5.74, 6) is -0.314. The molecule has 0 saturated carbocycles. The van der Waals surface area contributed by atoms with Gasteiger partial charge in [0.15, 0.2) is 0 Å². The Labute approximate surface area is 82.5 Å². The molecule has 1 rings (SSSR count). The van der Waals surface area contributed by atoms with Crippen LogP contribution in [0.5, 0.6) is 0 Å². The maximum atomic E-state index is 11.3. The van der Waals surface area contributed by atoms with Crippen molar-refractivity contribution in [1.29, 1.82) is 0 Å². The average molecular weight is 195 g/mol. The van der Waals surface area contributed by atoms with E-state index >= 15 is 0 Å². The molecule has 0 saturated heterocycles. The molecule has 0 aliphatic rings. The maximum Gasteiger partial charge on any atom is 0.274 e. The van der Waals surface area contributed by atoms with Gasteiger partial charge >= 0.3 is 0 Å². The summed E-state index contributed by atoms with van der Waals surface area (Å²) in [5.41, 5.74) is 2.76. The van der Waals surface area contributed by atoms with Gasteiger partial charge in [0.2, 0.25) is 0 Å². The van der Waals surface area contributed by atoms with Crippen LogP contribution < -0.4 is 5.48 Å². The zero-order valence-corrected chi connectivity index (χ0v) is 7.93. The highest BCUT2D eigenvalue weighted by Gasteiger charge is 2.04. The number of amides is 1. The number of benzene rings is 1. The minimum absolute atomic E-state index is 0.0819. The molecule has 1 aromatic rings. The SMILES string of the molecule is CC(O)CONC(=O)c1ccccc1. The Hall–Kier alpha value is -1.39. The quantitative estimate of drug-likeness (QED) is 0.696. The molecule has 0 spiro atoms. The van der Waals surface area contributed by atoms with Gasteiger partial charge in [-0.05, 0) is 19.1 Å². The Morgan fingerprint density at radius 2 is 2.14 bits per heavy atom. The van der Waals surface area contributed by atoms with Gasteiger partial charge in [-0.15, -0.1) is 0 Å². The average Bonchev–Trinajstić information content (AvgIpc) is 2.18. The third-order valence-electron chi connectivity index (χ3n) is 1.53. The van der Waals surface area contributed by atoms with Crippen LogP contribution in [0.1, 0.15) is 17.3 Å². The number of hydrogen-bond acceptors (Lipinski definition) is 3. The predicted octanol–water partition coefficient (Wildman–Crippen LogP) is 0.729. The molecule has 1 amide bonds. The molecule has 0 bridgehead atoms. The van der Waals surface area contributed by atoms with Gasteiger partial charge in [-0.2, -0.15) is 0 Å². The molecule has 0 aromatic heterocycles. The van der Waals surface area contributed by atoms with Crippen LogP contribution in [-0.2, 0) is 4.84 Å². The van der Waals surface area contributed by atoms with Crippen molar-refractivity contribution >= 4 is 5.91 Å². The molecule has 0 heterocycles. The lowest BCUT2D eigenvalue weighted by Gasteiger charge is -2.06. The summed E-state index contributed by atoms with van der Waals surface area (Å²) in [4.78, 5) is 16.1. The highest BCUT2D eigenvalue weighted by atomic mass is 16.7. The van der Waals surface area contributed by atoms with Crippen molar-refractivity contribution in [3.63, 3.8) is 0 Å². The smallest absolute Gasteiger partial charge is 0.274 e. The Kier molecular flexibility index (Phi) is 4.10. The summed E-state index contributed by atoms with van der Waals surface area (Å²) in [6, 6.07) is 8.72. The van der Waals surface area contributed by atoms with Gasteiger partial charge in [0.1, 0.15) is 6.61 Å². The number of carbonyl (C=O) groups excluding carboxylic acids is 1. The van der Waals surface area contributed by atoms with E-state index in [9.17, 15) is 4.79 Å². The summed E-state index contributed by atoms with van der Waals surface area (Å²) < 4.78 is 0. The lowest BCUT2D eigenvalue weighted by atomic mass is 10.2. The van der Waals surface area contributed by atoms with Gasteiger partial charge in [0.05, 0.1) is 6.10 Å². The molecule has 0 aliphatic carbocycles. The van der Waals surface area contributed by atoms with Crippen LogP contribution in [0.2, 0.25) is 0 Å². The molecule has 0 radical (unpaired) electrons. The first-order chi connectivity index (χ1) is 6.70. The van der Waals surface area contributed by atoms with Crippen LogP contribution in [0.25, 0.3) is 0 Å². The highest BCUT2D eigenvalue weighted by molar-refractivity contribution is 5.93. The van der Waals surface area contributed by atoms with Crippen molar-refractivity contribution in [2.24, 2.45) is 0 Å². The van der Waals surface area contributed by atoms with E-state index in [1.165, 1.54) is 0 Å². The van der Waals surface area contributed by atoms with E-state index < -0.39 is 6.10 Å². The normalized spacial score (nSPS) is 12.1. The number of carbonyl (C=O) groups is 1. The topological polar surface area (TPSA) is 58.6 Å². The summed E-state index contributed by atoms with van der Waals surface area (Å²) in [5, 5.41) is 8.86. The van der Waals surface area contributed by atoms with Crippen LogP contribution >= 0.6 is 0 Å². The minimum atomic E-state index is -0.592. The molecule has 0 fully saturated rings. The van der Waals surface area contributed by atoms with Crippen molar-refractivity contribution in [1.82, 2.24) is 5.48 Å². The van der Waals surface area contributed by atoms with E-state index in [-0.39, 0.29) is 12.5 Å². The first kappa shape index (κ1) is 10.7. The summed E-state index contributed by atoms with van der Waals surface area (Å²) in [7, 11) is 0. The van der Waals surface area contributed by atoms with Gasteiger partial charge < -0.3 is 5.11 Å². The van der Waals surface area contributed by atoms with Crippen molar-refractivity contribution in [3.05, 3.63) is 35.9 Å². The maximum absolute atomic E-state index is 11.3. The monoisotopic (exact) mass is 195 g/mol. The van der Waals surface area contributed by atoms with Crippen LogP contribution in [0.15, 0.2) is 30.3 Å². The van der Waals surface area contributed by atoms with Crippen LogP contribution in [0, 0.1) is 0 Å². The first-order valence-electron chi connectivity index (χ1n) is 4.35. The van der Waals surface area contributed by atoms with Crippen molar-refractivity contribution in [2.75, 3.05) is 6.61 Å². The number of nitrogens with one attached hydrogen (secondary N) is 1. The number of aliphatic hydroxyl groups excluding tert-OH is 1. The Balaban J connectivity index is 2.36. The molecule has 14 heavy (non-hydrogen) atoms. The van der Waals surface area contributed by atoms with Gasteiger partial charge in [-0.3, -0.25) is 9.63 Å². The van der Waals surface area contributed by atoms with Crippen molar-refractivity contribution in [2.45, 2.75) is 13.0 Å². The molecular weight excluding hydrogens is 182 g/mol. The third kappa shape index (κ3) is 3.55. The lowest BCUT2D eigenvalue weighted by Crippen LogP contribution is -2.27. The largest absolute Gasteiger partial charge is 0.391 e. The molecule has 1 aromatic carbocycles. The zero-order valence-electron chi connectivity index (χ0n) is 7.93. The molecule has 76 valence electrons. The molecule has 1 unspecified atom stereocenters. The van der Waals surface area contributed by atoms with Gasteiger partial charge in [-0.1, -0.05) is 18.2 Å². The van der Waals surface area contributed by atoms with E-state index in [2.05, 4.69) is 5.48 Å². The highest BCUT2D eigenvalue weighted by Crippen LogP contribution is 1.97. The molecule has 4 nitrogen and oxygen atoms in total. The Morgan fingerprint density at radius 3 is 2.71 bits per heavy atom. The molecule has 0 aliphatic heterocycles. The fourth-order valence-corrected chi connectivity index (χ4v) is 0.876. The van der Waals surface area contributed by atoms with Crippen LogP contribution in [0.3, 0.4) is 0 Å². The lowest BCUT2D eigenvalue weighted by molar-refractivity contribution is -0.00687. The minimum Gasteiger partial charge on any atom is -0.391 e. The van der Waals surface area contributed by atoms with Gasteiger partial charge in [0.25, 0.3) is 5.91 Å². The second-order valence-electron chi connectivity index (χ2n) is 2.96. The van der Waals surface area contributed by atoms with Crippen molar-refractivity contribution < 1.29 is 14.7 Å². The number of aliphatic hydroxyl groups is 1. The number of hydroxylamine groups is 1. The predicted molar refractivity (Wildman–Crippen MR) is 51.5 cm³/mol. The van der Waals surface area contributed by atoms with E-state index in [0.717, 1.165) is 0 Å². The number of hydrogen-bond donors (Lipinski definition) is 2. The van der Waals surface area contributed by atoms with E-state index in [4.69, 9.17) is 9.94 Å². The molecule has 2 N–H and O–H groups in total. The second kappa shape index (κ2) is 5.36. The molecular formula is C10H13NO3. The summed E-state index contributed by atoms with van der Waals surface area (Å²) >= 11 is 0. The summed E-state index contributed by atoms with van der Waals surface area (Å²) in [6.45, 7) is 1.66. The first-order valence-corrected chi connectivity index (χ1v) is 4.35.